The van der Waals surface area contributed by atoms with Crippen molar-refractivity contribution in [1.29, 1.82) is 0 Å². The molecule has 1 N–H and O–H groups in total. The predicted molar refractivity (Wildman–Crippen MR) is 106 cm³/mol. The van der Waals surface area contributed by atoms with Crippen molar-refractivity contribution in [3.63, 3.8) is 0 Å². The second-order valence-corrected chi connectivity index (χ2v) is 7.99. The van der Waals surface area contributed by atoms with Gasteiger partial charge >= 0.3 is 0 Å². The molecule has 2 aromatic rings. The number of amides is 2. The van der Waals surface area contributed by atoms with Crippen LogP contribution in [0.1, 0.15) is 29.1 Å². The Morgan fingerprint density at radius 3 is 2.56 bits per heavy atom. The number of thiophene rings is 1. The second-order valence-electron chi connectivity index (χ2n) is 6.95. The summed E-state index contributed by atoms with van der Waals surface area (Å²) in [5.41, 5.74) is 0.570. The molecule has 7 heteroatoms. The molecule has 0 spiro atoms. The van der Waals surface area contributed by atoms with Crippen molar-refractivity contribution in [2.24, 2.45) is 0 Å². The molecule has 1 fully saturated rings. The van der Waals surface area contributed by atoms with Crippen LogP contribution in [0.4, 0.5) is 10.1 Å². The topological polar surface area (TPSA) is 52.6 Å². The molecule has 1 aromatic carbocycles. The Morgan fingerprint density at radius 1 is 1.19 bits per heavy atom. The fourth-order valence-corrected chi connectivity index (χ4v) is 3.89. The van der Waals surface area contributed by atoms with E-state index in [-0.39, 0.29) is 23.8 Å². The van der Waals surface area contributed by atoms with E-state index in [0.717, 1.165) is 18.0 Å². The smallest absolute Gasteiger partial charge is 0.254 e. The Balaban J connectivity index is 1.66. The Kier molecular flexibility index (Phi) is 6.23. The van der Waals surface area contributed by atoms with Crippen molar-refractivity contribution in [2.45, 2.75) is 26.3 Å². The third-order valence-electron chi connectivity index (χ3n) is 4.68. The highest BCUT2D eigenvalue weighted by Crippen LogP contribution is 2.18. The lowest BCUT2D eigenvalue weighted by molar-refractivity contribution is -0.115. The molecule has 0 aliphatic carbocycles. The molecule has 0 saturated carbocycles. The molecule has 2 amide bonds. The molecule has 2 heterocycles. The van der Waals surface area contributed by atoms with E-state index in [1.54, 1.807) is 11.0 Å². The van der Waals surface area contributed by atoms with Crippen LogP contribution in [-0.4, -0.2) is 53.8 Å². The van der Waals surface area contributed by atoms with Crippen molar-refractivity contribution < 1.29 is 14.0 Å². The number of anilines is 1. The second kappa shape index (κ2) is 8.63. The molecule has 144 valence electrons. The lowest BCUT2D eigenvalue weighted by Crippen LogP contribution is -2.50. The fraction of sp³-hybridized carbons (Fsp3) is 0.400. The molecule has 0 bridgehead atoms. The largest absolute Gasteiger partial charge is 0.336 e. The van der Waals surface area contributed by atoms with Gasteiger partial charge in [-0.25, -0.2) is 4.39 Å². The van der Waals surface area contributed by atoms with Crippen molar-refractivity contribution in [3.05, 3.63) is 52.0 Å². The van der Waals surface area contributed by atoms with Crippen LogP contribution in [0.2, 0.25) is 0 Å². The van der Waals surface area contributed by atoms with Gasteiger partial charge in [0.05, 0.1) is 6.42 Å². The zero-order valence-corrected chi connectivity index (χ0v) is 16.4. The molecular weight excluding hydrogens is 365 g/mol. The first-order valence-electron chi connectivity index (χ1n) is 9.08. The van der Waals surface area contributed by atoms with Gasteiger partial charge < -0.3 is 10.2 Å². The van der Waals surface area contributed by atoms with Crippen molar-refractivity contribution >= 4 is 28.8 Å². The van der Waals surface area contributed by atoms with Gasteiger partial charge in [0.15, 0.2) is 0 Å². The average Bonchev–Trinajstić information content (AvgIpc) is 3.13. The highest BCUT2D eigenvalue weighted by Gasteiger charge is 2.24. The number of hydrogen-bond donors (Lipinski definition) is 1. The van der Waals surface area contributed by atoms with E-state index in [2.05, 4.69) is 24.1 Å². The highest BCUT2D eigenvalue weighted by molar-refractivity contribution is 7.10. The lowest BCUT2D eigenvalue weighted by Gasteiger charge is -2.37. The molecule has 1 aliphatic rings. The van der Waals surface area contributed by atoms with Gasteiger partial charge in [-0.1, -0.05) is 6.07 Å². The molecule has 0 unspecified atom stereocenters. The standard InChI is InChI=1S/C20H24FN3O2S/c1-14(2)23-5-7-24(8-6-23)20(26)15-10-16(21)12-17(11-15)22-19(25)13-18-4-3-9-27-18/h3-4,9-12,14H,5-8,13H2,1-2H3,(H,22,25). The molecular formula is C20H24FN3O2S. The van der Waals surface area contributed by atoms with Crippen LogP contribution in [0, 0.1) is 5.82 Å². The molecule has 1 aromatic heterocycles. The Bertz CT molecular complexity index is 800. The van der Waals surface area contributed by atoms with Gasteiger partial charge in [-0.3, -0.25) is 14.5 Å². The van der Waals surface area contributed by atoms with Crippen molar-refractivity contribution in [1.82, 2.24) is 9.80 Å². The summed E-state index contributed by atoms with van der Waals surface area (Å²) in [6.45, 7) is 7.12. The van der Waals surface area contributed by atoms with Gasteiger partial charge in [-0.15, -0.1) is 11.3 Å². The maximum Gasteiger partial charge on any atom is 0.254 e. The van der Waals surface area contributed by atoms with E-state index in [1.165, 1.54) is 23.5 Å². The van der Waals surface area contributed by atoms with Crippen LogP contribution < -0.4 is 5.32 Å². The molecule has 0 atom stereocenters. The van der Waals surface area contributed by atoms with Crippen LogP contribution >= 0.6 is 11.3 Å². The van der Waals surface area contributed by atoms with Gasteiger partial charge in [-0.05, 0) is 43.5 Å². The monoisotopic (exact) mass is 389 g/mol. The zero-order valence-electron chi connectivity index (χ0n) is 15.6. The molecule has 1 saturated heterocycles. The van der Waals surface area contributed by atoms with Crippen LogP contribution in [0.15, 0.2) is 35.7 Å². The Hall–Kier alpha value is -2.25. The number of rotatable bonds is 5. The van der Waals surface area contributed by atoms with E-state index in [9.17, 15) is 14.0 Å². The number of benzene rings is 1. The summed E-state index contributed by atoms with van der Waals surface area (Å²) in [5.74, 6) is -0.966. The summed E-state index contributed by atoms with van der Waals surface area (Å²) in [5, 5.41) is 4.59. The first kappa shape index (κ1) is 19.5. The fourth-order valence-electron chi connectivity index (χ4n) is 3.19. The van der Waals surface area contributed by atoms with E-state index in [1.807, 2.05) is 17.5 Å². The quantitative estimate of drug-likeness (QED) is 0.854. The summed E-state index contributed by atoms with van der Waals surface area (Å²) >= 11 is 1.49. The van der Waals surface area contributed by atoms with E-state index >= 15 is 0 Å². The van der Waals surface area contributed by atoms with Gasteiger partial charge in [0.1, 0.15) is 5.82 Å². The summed E-state index contributed by atoms with van der Waals surface area (Å²) in [6.07, 6.45) is 0.231. The minimum atomic E-state index is -0.534. The average molecular weight is 389 g/mol. The summed E-state index contributed by atoms with van der Waals surface area (Å²) in [7, 11) is 0. The summed E-state index contributed by atoms with van der Waals surface area (Å²) in [6, 6.07) is 8.22. The summed E-state index contributed by atoms with van der Waals surface area (Å²) in [4.78, 5) is 29.9. The predicted octanol–water partition coefficient (Wildman–Crippen LogP) is 3.23. The molecule has 0 radical (unpaired) electrons. The maximum absolute atomic E-state index is 14.0. The van der Waals surface area contributed by atoms with Crippen LogP contribution in [0.25, 0.3) is 0 Å². The third-order valence-corrected chi connectivity index (χ3v) is 5.55. The van der Waals surface area contributed by atoms with Crippen molar-refractivity contribution in [2.75, 3.05) is 31.5 Å². The van der Waals surface area contributed by atoms with E-state index in [0.29, 0.717) is 24.8 Å². The maximum atomic E-state index is 14.0. The van der Waals surface area contributed by atoms with Gasteiger partial charge in [0, 0.05) is 48.3 Å². The number of nitrogens with one attached hydrogen (secondary N) is 1. The van der Waals surface area contributed by atoms with E-state index < -0.39 is 5.82 Å². The summed E-state index contributed by atoms with van der Waals surface area (Å²) < 4.78 is 14.0. The van der Waals surface area contributed by atoms with E-state index in [4.69, 9.17) is 0 Å². The molecule has 1 aliphatic heterocycles. The lowest BCUT2D eigenvalue weighted by atomic mass is 10.1. The highest BCUT2D eigenvalue weighted by atomic mass is 32.1. The minimum Gasteiger partial charge on any atom is -0.336 e. The minimum absolute atomic E-state index is 0.202. The van der Waals surface area contributed by atoms with Gasteiger partial charge in [-0.2, -0.15) is 0 Å². The number of carbonyl (C=O) groups excluding carboxylic acids is 2. The SMILES string of the molecule is CC(C)N1CCN(C(=O)c2cc(F)cc(NC(=O)Cc3cccs3)c2)CC1. The number of hydrogen-bond acceptors (Lipinski definition) is 4. The number of piperazine rings is 1. The number of nitrogens with zero attached hydrogens (tertiary/aromatic N) is 2. The zero-order chi connectivity index (χ0) is 19.4. The van der Waals surface area contributed by atoms with Crippen LogP contribution in [-0.2, 0) is 11.2 Å². The molecule has 3 rings (SSSR count). The Labute approximate surface area is 162 Å². The molecule has 27 heavy (non-hydrogen) atoms. The first-order chi connectivity index (χ1) is 12.9. The van der Waals surface area contributed by atoms with Crippen LogP contribution in [0.3, 0.4) is 0 Å². The number of carbonyl (C=O) groups is 2. The first-order valence-corrected chi connectivity index (χ1v) is 9.96. The number of halogens is 1. The normalized spacial score (nSPS) is 15.2. The Morgan fingerprint density at radius 2 is 1.93 bits per heavy atom. The van der Waals surface area contributed by atoms with Gasteiger partial charge in [0.2, 0.25) is 5.91 Å². The third kappa shape index (κ3) is 5.14. The van der Waals surface area contributed by atoms with Crippen LogP contribution in [0.5, 0.6) is 0 Å². The van der Waals surface area contributed by atoms with Gasteiger partial charge in [0.25, 0.3) is 5.91 Å². The van der Waals surface area contributed by atoms with Crippen molar-refractivity contribution in [3.8, 4) is 0 Å². The molecule has 5 nitrogen and oxygen atoms in total.